The molecule has 1 fully saturated rings. The summed E-state index contributed by atoms with van der Waals surface area (Å²) in [6, 6.07) is 2.47. The summed E-state index contributed by atoms with van der Waals surface area (Å²) in [5.74, 6) is 2.68. The summed E-state index contributed by atoms with van der Waals surface area (Å²) < 4.78 is 1.81. The number of rotatable bonds is 2. The minimum Gasteiger partial charge on any atom is -0.355 e. The first-order chi connectivity index (χ1) is 10.1. The van der Waals surface area contributed by atoms with Gasteiger partial charge in [-0.2, -0.15) is 5.10 Å². The average molecular weight is 286 g/mol. The van der Waals surface area contributed by atoms with Crippen LogP contribution in [0.4, 0.5) is 5.82 Å². The van der Waals surface area contributed by atoms with Gasteiger partial charge in [-0.25, -0.2) is 14.6 Å². The maximum Gasteiger partial charge on any atom is 0.162 e. The van der Waals surface area contributed by atoms with E-state index in [1.165, 1.54) is 0 Å². The van der Waals surface area contributed by atoms with E-state index in [0.717, 1.165) is 49.1 Å². The van der Waals surface area contributed by atoms with Crippen molar-refractivity contribution < 1.29 is 0 Å². The van der Waals surface area contributed by atoms with E-state index in [1.54, 1.807) is 6.20 Å². The van der Waals surface area contributed by atoms with E-state index in [-0.39, 0.29) is 0 Å². The van der Waals surface area contributed by atoms with Gasteiger partial charge in [0, 0.05) is 43.6 Å². The molecule has 0 aliphatic carbocycles. The van der Waals surface area contributed by atoms with Gasteiger partial charge in [0.1, 0.15) is 11.6 Å². The summed E-state index contributed by atoms with van der Waals surface area (Å²) >= 11 is 0. The number of anilines is 1. The highest BCUT2D eigenvalue weighted by Crippen LogP contribution is 2.23. The van der Waals surface area contributed by atoms with E-state index >= 15 is 0 Å². The lowest BCUT2D eigenvalue weighted by atomic mass is 10.2. The van der Waals surface area contributed by atoms with Crippen LogP contribution in [0, 0.1) is 13.8 Å². The highest BCUT2D eigenvalue weighted by Gasteiger charge is 2.19. The standard InChI is InChI=1S/C15H22N6/c1-11-5-9-20(10-7-16-11)14-12(2)15(19-13(3)18-14)21-8-4-6-17-21/h4,6,8,11,16H,5,7,9-10H2,1-3H3/t11-/m0/s1. The van der Waals surface area contributed by atoms with Gasteiger partial charge in [-0.3, -0.25) is 0 Å². The molecule has 1 aliphatic rings. The highest BCUT2D eigenvalue weighted by molar-refractivity contribution is 5.53. The van der Waals surface area contributed by atoms with E-state index in [9.17, 15) is 0 Å². The Balaban J connectivity index is 1.98. The number of hydrogen-bond donors (Lipinski definition) is 1. The molecule has 21 heavy (non-hydrogen) atoms. The van der Waals surface area contributed by atoms with Crippen LogP contribution < -0.4 is 10.2 Å². The Kier molecular flexibility index (Phi) is 3.88. The van der Waals surface area contributed by atoms with Gasteiger partial charge in [0.15, 0.2) is 5.82 Å². The van der Waals surface area contributed by atoms with Crippen molar-refractivity contribution in [3.8, 4) is 5.82 Å². The average Bonchev–Trinajstić information content (AvgIpc) is 2.90. The van der Waals surface area contributed by atoms with Gasteiger partial charge < -0.3 is 10.2 Å². The maximum atomic E-state index is 4.68. The molecular weight excluding hydrogens is 264 g/mol. The van der Waals surface area contributed by atoms with Gasteiger partial charge in [-0.15, -0.1) is 0 Å². The first kappa shape index (κ1) is 14.0. The molecule has 0 aromatic carbocycles. The third-order valence-corrected chi connectivity index (χ3v) is 3.93. The van der Waals surface area contributed by atoms with Gasteiger partial charge in [-0.1, -0.05) is 0 Å². The second kappa shape index (κ2) is 5.81. The summed E-state index contributed by atoms with van der Waals surface area (Å²) in [7, 11) is 0. The molecule has 0 radical (unpaired) electrons. The fraction of sp³-hybridized carbons (Fsp3) is 0.533. The van der Waals surface area contributed by atoms with Crippen LogP contribution in [0.2, 0.25) is 0 Å². The second-order valence-electron chi connectivity index (χ2n) is 5.62. The summed E-state index contributed by atoms with van der Waals surface area (Å²) in [5, 5.41) is 7.82. The number of aromatic nitrogens is 4. The SMILES string of the molecule is Cc1nc(N2CCN[C@@H](C)CC2)c(C)c(-n2cccn2)n1. The molecular formula is C15H22N6. The molecule has 1 N–H and O–H groups in total. The van der Waals surface area contributed by atoms with Crippen LogP contribution in [0.3, 0.4) is 0 Å². The third kappa shape index (κ3) is 2.90. The maximum absolute atomic E-state index is 4.68. The number of nitrogens with one attached hydrogen (secondary N) is 1. The van der Waals surface area contributed by atoms with E-state index in [0.29, 0.717) is 6.04 Å². The Labute approximate surface area is 125 Å². The number of hydrogen-bond acceptors (Lipinski definition) is 5. The molecule has 0 bridgehead atoms. The zero-order chi connectivity index (χ0) is 14.8. The molecule has 6 heteroatoms. The monoisotopic (exact) mass is 286 g/mol. The van der Waals surface area contributed by atoms with Crippen LogP contribution in [-0.2, 0) is 0 Å². The van der Waals surface area contributed by atoms with Crippen LogP contribution in [0.15, 0.2) is 18.5 Å². The van der Waals surface area contributed by atoms with Crippen molar-refractivity contribution in [2.24, 2.45) is 0 Å². The fourth-order valence-corrected chi connectivity index (χ4v) is 2.75. The van der Waals surface area contributed by atoms with E-state index in [4.69, 9.17) is 0 Å². The summed E-state index contributed by atoms with van der Waals surface area (Å²) in [6.07, 6.45) is 4.82. The fourth-order valence-electron chi connectivity index (χ4n) is 2.75. The molecule has 1 atom stereocenters. The normalized spacial score (nSPS) is 19.6. The Morgan fingerprint density at radius 1 is 1.19 bits per heavy atom. The zero-order valence-corrected chi connectivity index (χ0v) is 12.9. The van der Waals surface area contributed by atoms with Gasteiger partial charge in [-0.05, 0) is 33.3 Å². The van der Waals surface area contributed by atoms with Crippen LogP contribution in [0.25, 0.3) is 5.82 Å². The van der Waals surface area contributed by atoms with Crippen molar-refractivity contribution >= 4 is 5.82 Å². The highest BCUT2D eigenvalue weighted by atomic mass is 15.3. The van der Waals surface area contributed by atoms with Gasteiger partial charge >= 0.3 is 0 Å². The van der Waals surface area contributed by atoms with Crippen molar-refractivity contribution in [1.29, 1.82) is 0 Å². The van der Waals surface area contributed by atoms with Crippen LogP contribution in [-0.4, -0.2) is 45.4 Å². The lowest BCUT2D eigenvalue weighted by Gasteiger charge is -2.24. The zero-order valence-electron chi connectivity index (χ0n) is 12.9. The van der Waals surface area contributed by atoms with Crippen LogP contribution in [0.5, 0.6) is 0 Å². The van der Waals surface area contributed by atoms with Crippen molar-refractivity contribution in [1.82, 2.24) is 25.1 Å². The molecule has 1 aliphatic heterocycles. The molecule has 2 aromatic rings. The lowest BCUT2D eigenvalue weighted by Crippen LogP contribution is -2.30. The Bertz CT molecular complexity index is 607. The minimum atomic E-state index is 0.559. The van der Waals surface area contributed by atoms with Gasteiger partial charge in [0.2, 0.25) is 0 Å². The van der Waals surface area contributed by atoms with E-state index in [1.807, 2.05) is 23.9 Å². The van der Waals surface area contributed by atoms with E-state index < -0.39 is 0 Å². The Hall–Kier alpha value is -1.95. The van der Waals surface area contributed by atoms with Crippen molar-refractivity contribution in [2.75, 3.05) is 24.5 Å². The van der Waals surface area contributed by atoms with Crippen molar-refractivity contribution in [3.63, 3.8) is 0 Å². The summed E-state index contributed by atoms with van der Waals surface area (Å²) in [6.45, 7) is 9.23. The Morgan fingerprint density at radius 2 is 2.00 bits per heavy atom. The molecule has 112 valence electrons. The topological polar surface area (TPSA) is 58.9 Å². The second-order valence-corrected chi connectivity index (χ2v) is 5.62. The van der Waals surface area contributed by atoms with Gasteiger partial charge in [0.05, 0.1) is 0 Å². The third-order valence-electron chi connectivity index (χ3n) is 3.93. The smallest absolute Gasteiger partial charge is 0.162 e. The molecule has 2 aromatic heterocycles. The molecule has 0 unspecified atom stereocenters. The first-order valence-electron chi connectivity index (χ1n) is 7.48. The van der Waals surface area contributed by atoms with E-state index in [2.05, 4.69) is 39.1 Å². The number of nitrogens with zero attached hydrogens (tertiary/aromatic N) is 5. The molecule has 0 saturated carbocycles. The molecule has 3 heterocycles. The molecule has 0 spiro atoms. The van der Waals surface area contributed by atoms with Crippen LogP contribution in [0.1, 0.15) is 24.7 Å². The number of aryl methyl sites for hydroxylation is 1. The Morgan fingerprint density at radius 3 is 2.76 bits per heavy atom. The lowest BCUT2D eigenvalue weighted by molar-refractivity contribution is 0.566. The quantitative estimate of drug-likeness (QED) is 0.906. The molecule has 3 rings (SSSR count). The molecule has 6 nitrogen and oxygen atoms in total. The van der Waals surface area contributed by atoms with Crippen molar-refractivity contribution in [3.05, 3.63) is 29.8 Å². The molecule has 0 amide bonds. The predicted molar refractivity (Wildman–Crippen MR) is 82.9 cm³/mol. The largest absolute Gasteiger partial charge is 0.355 e. The summed E-state index contributed by atoms with van der Waals surface area (Å²) in [5.41, 5.74) is 1.08. The van der Waals surface area contributed by atoms with Crippen LogP contribution >= 0.6 is 0 Å². The van der Waals surface area contributed by atoms with Crippen molar-refractivity contribution in [2.45, 2.75) is 33.2 Å². The van der Waals surface area contributed by atoms with Gasteiger partial charge in [0.25, 0.3) is 0 Å². The molecule has 1 saturated heterocycles. The predicted octanol–water partition coefficient (Wildman–Crippen LogP) is 1.47. The minimum absolute atomic E-state index is 0.559. The summed E-state index contributed by atoms with van der Waals surface area (Å²) in [4.78, 5) is 11.6. The first-order valence-corrected chi connectivity index (χ1v) is 7.48.